The van der Waals surface area contributed by atoms with E-state index >= 15 is 0 Å². The molecule has 9 nitrogen and oxygen atoms in total. The third-order valence-electron chi connectivity index (χ3n) is 4.87. The highest BCUT2D eigenvalue weighted by Gasteiger charge is 2.16. The first kappa shape index (κ1) is 24.8. The topological polar surface area (TPSA) is 92.2 Å². The molecule has 0 aliphatic heterocycles. The standard InChI is InChI=1S/C24H26ClN5O4/c1-16(25)14-33-27-17(2)19-10-12-20(13-11-19)18(3)28-34-15-21-8-6-7-9-22(21)30-23(32-5)26-29(4)24(30)31/h6-13H,1,14-15H2,2-5H3/b27-17+,28-18+. The third kappa shape index (κ3) is 5.93. The van der Waals surface area contributed by atoms with Crippen molar-refractivity contribution >= 4 is 23.0 Å². The van der Waals surface area contributed by atoms with E-state index in [0.717, 1.165) is 16.7 Å². The number of oxime groups is 2. The van der Waals surface area contributed by atoms with Crippen LogP contribution in [0, 0.1) is 0 Å². The second-order valence-electron chi connectivity index (χ2n) is 7.35. The van der Waals surface area contributed by atoms with Crippen LogP contribution < -0.4 is 10.4 Å². The van der Waals surface area contributed by atoms with Crippen molar-refractivity contribution in [3.8, 4) is 11.7 Å². The van der Waals surface area contributed by atoms with Crippen molar-refractivity contribution in [2.75, 3.05) is 13.7 Å². The molecule has 0 aliphatic rings. The van der Waals surface area contributed by atoms with Crippen LogP contribution in [0.1, 0.15) is 30.5 Å². The molecule has 1 heterocycles. The highest BCUT2D eigenvalue weighted by molar-refractivity contribution is 6.29. The van der Waals surface area contributed by atoms with E-state index < -0.39 is 0 Å². The summed E-state index contributed by atoms with van der Waals surface area (Å²) in [4.78, 5) is 23.3. The van der Waals surface area contributed by atoms with Gasteiger partial charge < -0.3 is 14.4 Å². The van der Waals surface area contributed by atoms with Gasteiger partial charge in [-0.1, -0.05) is 71.0 Å². The van der Waals surface area contributed by atoms with Crippen molar-refractivity contribution in [3.05, 3.63) is 87.3 Å². The molecule has 3 aromatic rings. The number of aromatic nitrogens is 3. The number of hydrogen-bond donors (Lipinski definition) is 0. The lowest BCUT2D eigenvalue weighted by atomic mass is 10.1. The number of para-hydroxylation sites is 1. The number of ether oxygens (including phenoxy) is 1. The van der Waals surface area contributed by atoms with E-state index in [1.807, 2.05) is 56.3 Å². The van der Waals surface area contributed by atoms with Crippen LogP contribution in [-0.2, 0) is 23.3 Å². The van der Waals surface area contributed by atoms with Crippen molar-refractivity contribution < 1.29 is 14.4 Å². The molecule has 0 bridgehead atoms. The summed E-state index contributed by atoms with van der Waals surface area (Å²) in [5.74, 6) is 0. The highest BCUT2D eigenvalue weighted by atomic mass is 35.5. The van der Waals surface area contributed by atoms with Crippen molar-refractivity contribution in [2.45, 2.75) is 20.5 Å². The molecular formula is C24H26ClN5O4. The maximum atomic E-state index is 12.5. The third-order valence-corrected chi connectivity index (χ3v) is 4.98. The number of methoxy groups -OCH3 is 1. The molecule has 0 fully saturated rings. The van der Waals surface area contributed by atoms with E-state index in [-0.39, 0.29) is 24.9 Å². The molecule has 0 amide bonds. The van der Waals surface area contributed by atoms with Crippen LogP contribution in [0.3, 0.4) is 0 Å². The first-order valence-corrected chi connectivity index (χ1v) is 10.7. The van der Waals surface area contributed by atoms with Gasteiger partial charge >= 0.3 is 11.7 Å². The van der Waals surface area contributed by atoms with Crippen LogP contribution in [-0.4, -0.2) is 39.5 Å². The van der Waals surface area contributed by atoms with Crippen molar-refractivity contribution in [3.63, 3.8) is 0 Å². The van der Waals surface area contributed by atoms with Gasteiger partial charge in [0, 0.05) is 12.6 Å². The minimum atomic E-state index is -0.319. The Morgan fingerprint density at radius 3 is 2.21 bits per heavy atom. The predicted octanol–water partition coefficient (Wildman–Crippen LogP) is 4.01. The number of rotatable bonds is 10. The Morgan fingerprint density at radius 2 is 1.62 bits per heavy atom. The maximum Gasteiger partial charge on any atom is 0.353 e. The van der Waals surface area contributed by atoms with E-state index in [1.165, 1.54) is 16.4 Å². The number of aryl methyl sites for hydroxylation is 1. The Kier molecular flexibility index (Phi) is 8.26. The Labute approximate surface area is 202 Å². The summed E-state index contributed by atoms with van der Waals surface area (Å²) in [6, 6.07) is 15.2. The number of hydrogen-bond acceptors (Lipinski definition) is 7. The van der Waals surface area contributed by atoms with Gasteiger partial charge in [-0.25, -0.2) is 14.0 Å². The van der Waals surface area contributed by atoms with Crippen molar-refractivity contribution in [1.29, 1.82) is 0 Å². The molecular weight excluding hydrogens is 458 g/mol. The molecule has 0 atom stereocenters. The maximum absolute atomic E-state index is 12.5. The van der Waals surface area contributed by atoms with Gasteiger partial charge in [-0.15, -0.1) is 5.10 Å². The van der Waals surface area contributed by atoms with Crippen LogP contribution in [0.15, 0.2) is 75.2 Å². The Balaban J connectivity index is 1.71. The molecule has 0 unspecified atom stereocenters. The predicted molar refractivity (Wildman–Crippen MR) is 132 cm³/mol. The number of halogens is 1. The Hall–Kier alpha value is -3.85. The molecule has 10 heteroatoms. The quantitative estimate of drug-likeness (QED) is 0.321. The average Bonchev–Trinajstić information content (AvgIpc) is 3.12. The van der Waals surface area contributed by atoms with Gasteiger partial charge in [0.05, 0.1) is 29.3 Å². The summed E-state index contributed by atoms with van der Waals surface area (Å²) in [7, 11) is 3.03. The van der Waals surface area contributed by atoms with Gasteiger partial charge in [-0.3, -0.25) is 0 Å². The van der Waals surface area contributed by atoms with E-state index in [2.05, 4.69) is 22.0 Å². The molecule has 0 saturated heterocycles. The first-order chi connectivity index (χ1) is 16.3. The lowest BCUT2D eigenvalue weighted by Gasteiger charge is -2.10. The van der Waals surface area contributed by atoms with Crippen LogP contribution in [0.2, 0.25) is 0 Å². The van der Waals surface area contributed by atoms with Gasteiger partial charge in [0.25, 0.3) is 0 Å². The highest BCUT2D eigenvalue weighted by Crippen LogP contribution is 2.19. The second kappa shape index (κ2) is 11.3. The summed E-state index contributed by atoms with van der Waals surface area (Å²) in [6.45, 7) is 7.57. The minimum absolute atomic E-state index is 0.158. The molecule has 34 heavy (non-hydrogen) atoms. The monoisotopic (exact) mass is 483 g/mol. The molecule has 3 rings (SSSR count). The lowest BCUT2D eigenvalue weighted by Crippen LogP contribution is -2.22. The molecule has 0 radical (unpaired) electrons. The number of nitrogens with zero attached hydrogens (tertiary/aromatic N) is 5. The molecule has 0 saturated carbocycles. The molecule has 178 valence electrons. The van der Waals surface area contributed by atoms with Crippen LogP contribution in [0.5, 0.6) is 6.01 Å². The normalized spacial score (nSPS) is 11.9. The zero-order valence-electron chi connectivity index (χ0n) is 19.5. The lowest BCUT2D eigenvalue weighted by molar-refractivity contribution is 0.130. The van der Waals surface area contributed by atoms with Crippen LogP contribution in [0.4, 0.5) is 0 Å². The van der Waals surface area contributed by atoms with Gasteiger partial charge in [0.15, 0.2) is 6.61 Å². The molecule has 1 aromatic heterocycles. The van der Waals surface area contributed by atoms with E-state index in [9.17, 15) is 4.79 Å². The fourth-order valence-corrected chi connectivity index (χ4v) is 3.14. The fraction of sp³-hybridized carbons (Fsp3) is 0.250. The second-order valence-corrected chi connectivity index (χ2v) is 7.89. The zero-order chi connectivity index (χ0) is 24.7. The van der Waals surface area contributed by atoms with Crippen molar-refractivity contribution in [1.82, 2.24) is 14.3 Å². The van der Waals surface area contributed by atoms with Crippen LogP contribution >= 0.6 is 11.6 Å². The summed E-state index contributed by atoms with van der Waals surface area (Å²) in [5.41, 5.74) is 4.27. The van der Waals surface area contributed by atoms with E-state index in [1.54, 1.807) is 13.1 Å². The van der Waals surface area contributed by atoms with Gasteiger partial charge in [0.1, 0.15) is 6.61 Å². The zero-order valence-corrected chi connectivity index (χ0v) is 20.2. The van der Waals surface area contributed by atoms with E-state index in [0.29, 0.717) is 22.1 Å². The van der Waals surface area contributed by atoms with Gasteiger partial charge in [-0.05, 0) is 31.0 Å². The largest absolute Gasteiger partial charge is 0.467 e. The summed E-state index contributed by atoms with van der Waals surface area (Å²) in [6.07, 6.45) is 0. The van der Waals surface area contributed by atoms with Gasteiger partial charge in [-0.2, -0.15) is 0 Å². The molecule has 0 aliphatic carbocycles. The average molecular weight is 484 g/mol. The summed E-state index contributed by atoms with van der Waals surface area (Å²) in [5, 5.41) is 12.7. The van der Waals surface area contributed by atoms with Gasteiger partial charge in [0.2, 0.25) is 0 Å². The SMILES string of the molecule is C=C(Cl)CO/N=C(\C)c1ccc(/C(C)=N/OCc2ccccc2-n2c(OC)nn(C)c2=O)cc1. The molecule has 0 N–H and O–H groups in total. The molecule has 2 aromatic carbocycles. The van der Waals surface area contributed by atoms with E-state index in [4.69, 9.17) is 26.0 Å². The van der Waals surface area contributed by atoms with Crippen molar-refractivity contribution in [2.24, 2.45) is 17.4 Å². The summed E-state index contributed by atoms with van der Waals surface area (Å²) < 4.78 is 7.86. The number of benzene rings is 2. The first-order valence-electron chi connectivity index (χ1n) is 10.4. The summed E-state index contributed by atoms with van der Waals surface area (Å²) >= 11 is 5.67. The smallest absolute Gasteiger partial charge is 0.353 e. The fourth-order valence-electron chi connectivity index (χ4n) is 3.09. The minimum Gasteiger partial charge on any atom is -0.467 e. The Morgan fingerprint density at radius 1 is 1.03 bits per heavy atom. The van der Waals surface area contributed by atoms with Crippen LogP contribution in [0.25, 0.3) is 5.69 Å². The molecule has 0 spiro atoms. The Bertz CT molecular complexity index is 1280.